The molecular formula is C17H14N2O4. The molecule has 1 aromatic heterocycles. The number of nitro benzene ring substituents is 1. The van der Waals surface area contributed by atoms with Crippen LogP contribution in [0.25, 0.3) is 10.9 Å². The number of ether oxygens (including phenoxy) is 1. The summed E-state index contributed by atoms with van der Waals surface area (Å²) in [5.74, 6) is -0.154. The topological polar surface area (TPSA) is 85.2 Å². The van der Waals surface area contributed by atoms with Crippen LogP contribution >= 0.6 is 0 Å². The highest BCUT2D eigenvalue weighted by Gasteiger charge is 2.23. The van der Waals surface area contributed by atoms with E-state index in [1.54, 1.807) is 25.3 Å². The fraction of sp³-hybridized carbons (Fsp3) is 0.118. The monoisotopic (exact) mass is 310 g/mol. The van der Waals surface area contributed by atoms with Gasteiger partial charge in [-0.15, -0.1) is 0 Å². The molecule has 0 spiro atoms. The molecule has 116 valence electrons. The van der Waals surface area contributed by atoms with Crippen molar-refractivity contribution >= 4 is 22.4 Å². The Kier molecular flexibility index (Phi) is 3.80. The van der Waals surface area contributed by atoms with Gasteiger partial charge in [0.1, 0.15) is 0 Å². The van der Waals surface area contributed by atoms with E-state index >= 15 is 0 Å². The van der Waals surface area contributed by atoms with E-state index in [1.165, 1.54) is 12.1 Å². The van der Waals surface area contributed by atoms with Gasteiger partial charge in [0.2, 0.25) is 5.78 Å². The standard InChI is InChI=1S/C17H14N2O4/c1-11(23-16-9-5-4-8-15(16)19(21)22)17(20)13-10-18-14-7-3-2-6-12(13)14/h2-11,18H,1H3. The summed E-state index contributed by atoms with van der Waals surface area (Å²) in [4.78, 5) is 26.1. The average Bonchev–Trinajstić information content (AvgIpc) is 2.98. The Morgan fingerprint density at radius 2 is 1.87 bits per heavy atom. The van der Waals surface area contributed by atoms with E-state index in [4.69, 9.17) is 4.74 Å². The number of benzene rings is 2. The highest BCUT2D eigenvalue weighted by molar-refractivity contribution is 6.09. The molecule has 2 aromatic carbocycles. The minimum Gasteiger partial charge on any atom is -0.475 e. The van der Waals surface area contributed by atoms with Gasteiger partial charge in [-0.2, -0.15) is 0 Å². The van der Waals surface area contributed by atoms with Crippen molar-refractivity contribution in [2.45, 2.75) is 13.0 Å². The summed E-state index contributed by atoms with van der Waals surface area (Å²) < 4.78 is 5.54. The predicted octanol–water partition coefficient (Wildman–Crippen LogP) is 3.73. The van der Waals surface area contributed by atoms with Gasteiger partial charge in [0.05, 0.1) is 4.92 Å². The number of aromatic amines is 1. The van der Waals surface area contributed by atoms with Crippen molar-refractivity contribution in [3.8, 4) is 5.75 Å². The van der Waals surface area contributed by atoms with Crippen molar-refractivity contribution in [2.75, 3.05) is 0 Å². The molecule has 0 aliphatic carbocycles. The van der Waals surface area contributed by atoms with E-state index in [-0.39, 0.29) is 17.2 Å². The Morgan fingerprint density at radius 3 is 2.65 bits per heavy atom. The Bertz CT molecular complexity index is 885. The summed E-state index contributed by atoms with van der Waals surface area (Å²) >= 11 is 0. The van der Waals surface area contributed by atoms with Crippen molar-refractivity contribution in [3.63, 3.8) is 0 Å². The zero-order chi connectivity index (χ0) is 16.4. The first-order valence-electron chi connectivity index (χ1n) is 7.08. The third kappa shape index (κ3) is 2.78. The van der Waals surface area contributed by atoms with Crippen molar-refractivity contribution in [1.82, 2.24) is 4.98 Å². The largest absolute Gasteiger partial charge is 0.475 e. The maximum Gasteiger partial charge on any atom is 0.310 e. The summed E-state index contributed by atoms with van der Waals surface area (Å²) in [7, 11) is 0. The van der Waals surface area contributed by atoms with Crippen LogP contribution in [0.3, 0.4) is 0 Å². The number of carbonyl (C=O) groups is 1. The number of hydrogen-bond donors (Lipinski definition) is 1. The molecular weight excluding hydrogens is 296 g/mol. The Morgan fingerprint density at radius 1 is 1.17 bits per heavy atom. The molecule has 0 bridgehead atoms. The summed E-state index contributed by atoms with van der Waals surface area (Å²) in [6.45, 7) is 1.58. The molecule has 3 rings (SSSR count). The number of nitrogens with zero attached hydrogens (tertiary/aromatic N) is 1. The van der Waals surface area contributed by atoms with Crippen LogP contribution in [0.4, 0.5) is 5.69 Å². The highest BCUT2D eigenvalue weighted by Crippen LogP contribution is 2.28. The zero-order valence-corrected chi connectivity index (χ0v) is 12.4. The van der Waals surface area contributed by atoms with Crippen LogP contribution in [-0.2, 0) is 0 Å². The van der Waals surface area contributed by atoms with Gasteiger partial charge in [-0.3, -0.25) is 14.9 Å². The Labute approximate surface area is 131 Å². The van der Waals surface area contributed by atoms with Gasteiger partial charge in [0.25, 0.3) is 0 Å². The molecule has 0 saturated heterocycles. The normalized spacial score (nSPS) is 12.0. The van der Waals surface area contributed by atoms with E-state index in [1.807, 2.05) is 24.3 Å². The lowest BCUT2D eigenvalue weighted by Crippen LogP contribution is -2.24. The number of para-hydroxylation sites is 3. The number of ketones is 1. The zero-order valence-electron chi connectivity index (χ0n) is 12.4. The van der Waals surface area contributed by atoms with Crippen LogP contribution < -0.4 is 4.74 Å². The van der Waals surface area contributed by atoms with E-state index in [0.717, 1.165) is 10.9 Å². The summed E-state index contributed by atoms with van der Waals surface area (Å²) in [6.07, 6.45) is 0.794. The Balaban J connectivity index is 1.88. The van der Waals surface area contributed by atoms with Gasteiger partial charge < -0.3 is 9.72 Å². The number of rotatable bonds is 5. The van der Waals surface area contributed by atoms with Crippen LogP contribution in [0, 0.1) is 10.1 Å². The molecule has 6 heteroatoms. The molecule has 23 heavy (non-hydrogen) atoms. The number of nitrogens with one attached hydrogen (secondary N) is 1. The Hall–Kier alpha value is -3.15. The number of aromatic nitrogens is 1. The molecule has 1 heterocycles. The number of carbonyl (C=O) groups excluding carboxylic acids is 1. The number of hydrogen-bond acceptors (Lipinski definition) is 4. The lowest BCUT2D eigenvalue weighted by Gasteiger charge is -2.13. The lowest BCUT2D eigenvalue weighted by atomic mass is 10.1. The van der Waals surface area contributed by atoms with Gasteiger partial charge in [-0.1, -0.05) is 30.3 Å². The lowest BCUT2D eigenvalue weighted by molar-refractivity contribution is -0.386. The number of Topliss-reactive ketones (excluding diaryl/α,β-unsaturated/α-hetero) is 1. The van der Waals surface area contributed by atoms with E-state index in [0.29, 0.717) is 5.56 Å². The van der Waals surface area contributed by atoms with Crippen LogP contribution in [0.1, 0.15) is 17.3 Å². The predicted molar refractivity (Wildman–Crippen MR) is 85.8 cm³/mol. The minimum absolute atomic E-state index is 0.0817. The molecule has 1 unspecified atom stereocenters. The average molecular weight is 310 g/mol. The maximum absolute atomic E-state index is 12.6. The molecule has 0 radical (unpaired) electrons. The van der Waals surface area contributed by atoms with Crippen molar-refractivity contribution in [3.05, 3.63) is 70.4 Å². The molecule has 1 N–H and O–H groups in total. The smallest absolute Gasteiger partial charge is 0.310 e. The van der Waals surface area contributed by atoms with Gasteiger partial charge in [0.15, 0.2) is 11.9 Å². The van der Waals surface area contributed by atoms with Gasteiger partial charge in [-0.25, -0.2) is 0 Å². The fourth-order valence-corrected chi connectivity index (χ4v) is 2.45. The van der Waals surface area contributed by atoms with E-state index < -0.39 is 11.0 Å². The summed E-state index contributed by atoms with van der Waals surface area (Å²) in [5, 5.41) is 11.8. The molecule has 3 aromatic rings. The minimum atomic E-state index is -0.838. The summed E-state index contributed by atoms with van der Waals surface area (Å²) in [5.41, 5.74) is 1.20. The SMILES string of the molecule is CC(Oc1ccccc1[N+](=O)[O-])C(=O)c1c[nH]c2ccccc12. The van der Waals surface area contributed by atoms with Gasteiger partial charge in [-0.05, 0) is 19.1 Å². The fourth-order valence-electron chi connectivity index (χ4n) is 2.45. The molecule has 0 aliphatic heterocycles. The highest BCUT2D eigenvalue weighted by atomic mass is 16.6. The second-order valence-corrected chi connectivity index (χ2v) is 5.10. The molecule has 6 nitrogen and oxygen atoms in total. The molecule has 1 atom stereocenters. The number of fused-ring (bicyclic) bond motifs is 1. The maximum atomic E-state index is 12.6. The first-order chi connectivity index (χ1) is 11.1. The van der Waals surface area contributed by atoms with Crippen LogP contribution in [0.5, 0.6) is 5.75 Å². The van der Waals surface area contributed by atoms with E-state index in [2.05, 4.69) is 4.98 Å². The molecule has 0 amide bonds. The molecule has 0 aliphatic rings. The quantitative estimate of drug-likeness (QED) is 0.442. The number of nitro groups is 1. The second-order valence-electron chi connectivity index (χ2n) is 5.10. The van der Waals surface area contributed by atoms with Crippen molar-refractivity contribution in [1.29, 1.82) is 0 Å². The third-order valence-electron chi connectivity index (χ3n) is 3.59. The van der Waals surface area contributed by atoms with Gasteiger partial charge >= 0.3 is 5.69 Å². The first-order valence-corrected chi connectivity index (χ1v) is 7.08. The van der Waals surface area contributed by atoms with Crippen LogP contribution in [0.2, 0.25) is 0 Å². The number of H-pyrrole nitrogens is 1. The van der Waals surface area contributed by atoms with Crippen LogP contribution in [-0.4, -0.2) is 21.8 Å². The van der Waals surface area contributed by atoms with Crippen LogP contribution in [0.15, 0.2) is 54.7 Å². The first kappa shape index (κ1) is 14.8. The van der Waals surface area contributed by atoms with Crippen molar-refractivity contribution < 1.29 is 14.5 Å². The molecule has 0 fully saturated rings. The summed E-state index contributed by atoms with van der Waals surface area (Å²) in [6, 6.07) is 13.5. The van der Waals surface area contributed by atoms with Gasteiger partial charge in [0, 0.05) is 28.7 Å². The van der Waals surface area contributed by atoms with Crippen molar-refractivity contribution in [2.24, 2.45) is 0 Å². The second kappa shape index (κ2) is 5.92. The van der Waals surface area contributed by atoms with E-state index in [9.17, 15) is 14.9 Å². The third-order valence-corrected chi connectivity index (χ3v) is 3.59. The molecule has 0 saturated carbocycles.